The molecule has 3 fully saturated rings. The second-order valence-electron chi connectivity index (χ2n) is 9.67. The largest absolute Gasteiger partial charge is 0.497 e. The molecule has 1 aromatic rings. The summed E-state index contributed by atoms with van der Waals surface area (Å²) in [6.07, 6.45) is 6.20. The van der Waals surface area contributed by atoms with E-state index in [2.05, 4.69) is 32.0 Å². The van der Waals surface area contributed by atoms with Crippen LogP contribution in [-0.2, 0) is 11.2 Å². The molecule has 0 unspecified atom stereocenters. The molecule has 4 aliphatic carbocycles. The fourth-order valence-electron chi connectivity index (χ4n) is 7.99. The molecular formula is C23H30O2. The van der Waals surface area contributed by atoms with Crippen LogP contribution in [0.2, 0.25) is 0 Å². The number of hydrogen-bond acceptors (Lipinski definition) is 2. The number of benzene rings is 1. The van der Waals surface area contributed by atoms with Gasteiger partial charge in [0, 0.05) is 5.92 Å². The standard InChI is InChI=1S/C23H30O2/c1-13-9-15-10-17(25-4)5-6-18(15)19-7-8-22(3)20(14(2)24)11-16-12-23(16,22)21(13)19/h5-6,10,13,16,19-21H,7-9,11-12H2,1-4H3/t13-,16+,19-,20+,21-,22-,23-/m1/s1. The minimum Gasteiger partial charge on any atom is -0.497 e. The van der Waals surface area contributed by atoms with E-state index in [4.69, 9.17) is 4.74 Å². The van der Waals surface area contributed by atoms with Crippen molar-refractivity contribution in [2.24, 2.45) is 34.5 Å². The summed E-state index contributed by atoms with van der Waals surface area (Å²) in [5.41, 5.74) is 3.79. The fraction of sp³-hybridized carbons (Fsp3) is 0.696. The van der Waals surface area contributed by atoms with Crippen LogP contribution in [0.15, 0.2) is 18.2 Å². The SMILES string of the molecule is COc1ccc2c(c1)C[C@@H](C)[C@@H]1[C@@H]2CC[C@]2(C)[C@H](C(C)=O)C[C@H]3C[C@@]312. The van der Waals surface area contributed by atoms with E-state index in [0.717, 1.165) is 24.0 Å². The second-order valence-corrected chi connectivity index (χ2v) is 9.67. The van der Waals surface area contributed by atoms with E-state index in [0.29, 0.717) is 29.0 Å². The number of hydrogen-bond donors (Lipinski definition) is 0. The molecule has 0 heterocycles. The Bertz CT molecular complexity index is 752. The summed E-state index contributed by atoms with van der Waals surface area (Å²) in [5, 5.41) is 0. The molecule has 0 saturated heterocycles. The van der Waals surface area contributed by atoms with Gasteiger partial charge in [-0.3, -0.25) is 4.79 Å². The van der Waals surface area contributed by atoms with Gasteiger partial charge in [-0.05, 0) is 96.8 Å². The van der Waals surface area contributed by atoms with Gasteiger partial charge in [0.2, 0.25) is 0 Å². The van der Waals surface area contributed by atoms with Gasteiger partial charge in [-0.15, -0.1) is 0 Å². The molecule has 134 valence electrons. The van der Waals surface area contributed by atoms with E-state index in [9.17, 15) is 4.79 Å². The number of carbonyl (C=O) groups is 1. The molecular weight excluding hydrogens is 308 g/mol. The van der Waals surface area contributed by atoms with Crippen LogP contribution >= 0.6 is 0 Å². The van der Waals surface area contributed by atoms with Crippen LogP contribution in [0, 0.1) is 34.5 Å². The van der Waals surface area contributed by atoms with Crippen LogP contribution < -0.4 is 4.74 Å². The normalized spacial score (nSPS) is 46.5. The Hall–Kier alpha value is -1.31. The predicted molar refractivity (Wildman–Crippen MR) is 98.8 cm³/mol. The first-order chi connectivity index (χ1) is 11.9. The lowest BCUT2D eigenvalue weighted by atomic mass is 9.48. The molecule has 1 spiro atoms. The molecule has 0 amide bonds. The topological polar surface area (TPSA) is 26.3 Å². The first-order valence-corrected chi connectivity index (χ1v) is 10.1. The molecule has 4 aliphatic rings. The van der Waals surface area contributed by atoms with Crippen molar-refractivity contribution < 1.29 is 9.53 Å². The van der Waals surface area contributed by atoms with Gasteiger partial charge in [-0.2, -0.15) is 0 Å². The second kappa shape index (κ2) is 4.90. The van der Waals surface area contributed by atoms with Gasteiger partial charge in [0.1, 0.15) is 11.5 Å². The number of ether oxygens (including phenoxy) is 1. The minimum atomic E-state index is 0.253. The van der Waals surface area contributed by atoms with Crippen LogP contribution in [0.5, 0.6) is 5.75 Å². The number of fused-ring (bicyclic) bond motifs is 3. The summed E-state index contributed by atoms with van der Waals surface area (Å²) >= 11 is 0. The average Bonchev–Trinajstić information content (AvgIpc) is 3.23. The van der Waals surface area contributed by atoms with Gasteiger partial charge in [0.15, 0.2) is 0 Å². The molecule has 25 heavy (non-hydrogen) atoms. The highest BCUT2D eigenvalue weighted by Crippen LogP contribution is 2.83. The van der Waals surface area contributed by atoms with E-state index in [1.807, 2.05) is 6.92 Å². The maximum absolute atomic E-state index is 12.4. The van der Waals surface area contributed by atoms with E-state index in [-0.39, 0.29) is 5.41 Å². The van der Waals surface area contributed by atoms with Gasteiger partial charge in [-0.25, -0.2) is 0 Å². The zero-order valence-corrected chi connectivity index (χ0v) is 16.0. The summed E-state index contributed by atoms with van der Waals surface area (Å²) < 4.78 is 5.47. The number of Topliss-reactive ketones (excluding diaryl/α,β-unsaturated/α-hetero) is 1. The quantitative estimate of drug-likeness (QED) is 0.758. The molecule has 0 bridgehead atoms. The average molecular weight is 338 g/mol. The van der Waals surface area contributed by atoms with Gasteiger partial charge >= 0.3 is 0 Å². The van der Waals surface area contributed by atoms with Crippen LogP contribution in [-0.4, -0.2) is 12.9 Å². The molecule has 2 heteroatoms. The van der Waals surface area contributed by atoms with Crippen LogP contribution in [0.25, 0.3) is 0 Å². The zero-order chi connectivity index (χ0) is 17.6. The maximum atomic E-state index is 12.4. The highest BCUT2D eigenvalue weighted by atomic mass is 16.5. The monoisotopic (exact) mass is 338 g/mol. The van der Waals surface area contributed by atoms with Crippen LogP contribution in [0.3, 0.4) is 0 Å². The number of rotatable bonds is 2. The van der Waals surface area contributed by atoms with Gasteiger partial charge in [0.25, 0.3) is 0 Å². The molecule has 5 rings (SSSR count). The Labute approximate surface area is 151 Å². The lowest BCUT2D eigenvalue weighted by Gasteiger charge is -2.55. The van der Waals surface area contributed by atoms with Gasteiger partial charge in [0.05, 0.1) is 7.11 Å². The summed E-state index contributed by atoms with van der Waals surface area (Å²) in [7, 11) is 1.76. The molecule has 0 N–H and O–H groups in total. The van der Waals surface area contributed by atoms with Crippen molar-refractivity contribution in [2.45, 2.75) is 58.8 Å². The van der Waals surface area contributed by atoms with Crippen molar-refractivity contribution >= 4 is 5.78 Å². The minimum absolute atomic E-state index is 0.253. The lowest BCUT2D eigenvalue weighted by molar-refractivity contribution is -0.128. The van der Waals surface area contributed by atoms with Crippen molar-refractivity contribution in [3.05, 3.63) is 29.3 Å². The molecule has 0 aromatic heterocycles. The molecule has 2 nitrogen and oxygen atoms in total. The van der Waals surface area contributed by atoms with Crippen molar-refractivity contribution in [2.75, 3.05) is 7.11 Å². The highest BCUT2D eigenvalue weighted by Gasteiger charge is 2.77. The van der Waals surface area contributed by atoms with E-state index in [1.165, 1.54) is 31.2 Å². The first-order valence-electron chi connectivity index (χ1n) is 10.1. The van der Waals surface area contributed by atoms with Crippen molar-refractivity contribution in [1.29, 1.82) is 0 Å². The Kier molecular flexibility index (Phi) is 3.12. The van der Waals surface area contributed by atoms with Crippen LogP contribution in [0.1, 0.15) is 63.5 Å². The summed E-state index contributed by atoms with van der Waals surface area (Å²) in [5.74, 6) is 4.72. The first kappa shape index (κ1) is 15.9. The van der Waals surface area contributed by atoms with Crippen molar-refractivity contribution in [3.8, 4) is 5.75 Å². The number of ketones is 1. The predicted octanol–water partition coefficient (Wildman–Crippen LogP) is 5.00. The lowest BCUT2D eigenvalue weighted by Crippen LogP contribution is -2.49. The van der Waals surface area contributed by atoms with E-state index < -0.39 is 0 Å². The third-order valence-electron chi connectivity index (χ3n) is 8.90. The van der Waals surface area contributed by atoms with E-state index in [1.54, 1.807) is 12.7 Å². The highest BCUT2D eigenvalue weighted by molar-refractivity contribution is 5.80. The Morgan fingerprint density at radius 2 is 2.12 bits per heavy atom. The van der Waals surface area contributed by atoms with Crippen LogP contribution in [0.4, 0.5) is 0 Å². The third-order valence-corrected chi connectivity index (χ3v) is 8.90. The fourth-order valence-corrected chi connectivity index (χ4v) is 7.99. The molecule has 0 aliphatic heterocycles. The molecule has 7 atom stereocenters. The Morgan fingerprint density at radius 1 is 1.32 bits per heavy atom. The molecule has 1 aromatic carbocycles. The van der Waals surface area contributed by atoms with Crippen molar-refractivity contribution in [1.82, 2.24) is 0 Å². The summed E-state index contributed by atoms with van der Waals surface area (Å²) in [6, 6.07) is 6.76. The third kappa shape index (κ3) is 1.79. The van der Waals surface area contributed by atoms with Crippen molar-refractivity contribution in [3.63, 3.8) is 0 Å². The number of methoxy groups -OCH3 is 1. The Morgan fingerprint density at radius 3 is 2.84 bits per heavy atom. The number of carbonyl (C=O) groups excluding carboxylic acids is 1. The molecule has 0 radical (unpaired) electrons. The van der Waals surface area contributed by atoms with Gasteiger partial charge < -0.3 is 4.74 Å². The van der Waals surface area contributed by atoms with Gasteiger partial charge in [-0.1, -0.05) is 19.9 Å². The summed E-state index contributed by atoms with van der Waals surface area (Å²) in [6.45, 7) is 6.78. The summed E-state index contributed by atoms with van der Waals surface area (Å²) in [4.78, 5) is 12.4. The molecule has 3 saturated carbocycles. The van der Waals surface area contributed by atoms with E-state index >= 15 is 0 Å². The zero-order valence-electron chi connectivity index (χ0n) is 16.0. The maximum Gasteiger partial charge on any atom is 0.133 e. The smallest absolute Gasteiger partial charge is 0.133 e. The Balaban J connectivity index is 1.59.